The van der Waals surface area contributed by atoms with Gasteiger partial charge in [-0.3, -0.25) is 9.59 Å². The van der Waals surface area contributed by atoms with Crippen molar-refractivity contribution in [1.29, 1.82) is 0 Å². The molecule has 2 aromatic carbocycles. The molecule has 1 unspecified atom stereocenters. The molecule has 2 aliphatic heterocycles. The second-order valence-corrected chi connectivity index (χ2v) is 7.06. The molecule has 2 heterocycles. The van der Waals surface area contributed by atoms with E-state index in [1.807, 2.05) is 0 Å². The van der Waals surface area contributed by atoms with Crippen LogP contribution in [0.25, 0.3) is 0 Å². The van der Waals surface area contributed by atoms with E-state index in [1.165, 1.54) is 12.1 Å². The van der Waals surface area contributed by atoms with Gasteiger partial charge in [0.25, 0.3) is 0 Å². The summed E-state index contributed by atoms with van der Waals surface area (Å²) in [4.78, 5) is 28.5. The maximum Gasteiger partial charge on any atom is 0.228 e. The van der Waals surface area contributed by atoms with Crippen LogP contribution in [0.4, 0.5) is 10.1 Å². The number of carbonyl (C=O) groups excluding carboxylic acids is 2. The number of amides is 2. The van der Waals surface area contributed by atoms with Gasteiger partial charge in [0.1, 0.15) is 19.0 Å². The Morgan fingerprint density at radius 2 is 1.96 bits per heavy atom. The van der Waals surface area contributed by atoms with Crippen LogP contribution in [-0.4, -0.2) is 43.5 Å². The van der Waals surface area contributed by atoms with Crippen LogP contribution in [0.3, 0.4) is 0 Å². The van der Waals surface area contributed by atoms with E-state index in [0.29, 0.717) is 49.1 Å². The van der Waals surface area contributed by atoms with Crippen LogP contribution < -0.4 is 14.4 Å². The first kappa shape index (κ1) is 18.3. The predicted octanol–water partition coefficient (Wildman–Crippen LogP) is 2.61. The number of hydrogen-bond acceptors (Lipinski definition) is 4. The van der Waals surface area contributed by atoms with Crippen molar-refractivity contribution in [3.63, 3.8) is 0 Å². The Hall–Kier alpha value is -3.09. The molecule has 7 heteroatoms. The molecule has 28 heavy (non-hydrogen) atoms. The Balaban J connectivity index is 1.44. The van der Waals surface area contributed by atoms with Crippen LogP contribution in [0.5, 0.6) is 11.5 Å². The fraction of sp³-hybridized carbons (Fsp3) is 0.333. The largest absolute Gasteiger partial charge is 0.486 e. The van der Waals surface area contributed by atoms with Gasteiger partial charge in [0.2, 0.25) is 11.8 Å². The minimum atomic E-state index is -0.431. The quantitative estimate of drug-likeness (QED) is 0.813. The highest BCUT2D eigenvalue weighted by molar-refractivity contribution is 6.00. The van der Waals surface area contributed by atoms with Crippen LogP contribution >= 0.6 is 0 Å². The summed E-state index contributed by atoms with van der Waals surface area (Å²) >= 11 is 0. The summed E-state index contributed by atoms with van der Waals surface area (Å²) in [5, 5.41) is 0. The van der Waals surface area contributed by atoms with Gasteiger partial charge in [0.15, 0.2) is 11.5 Å². The monoisotopic (exact) mass is 384 g/mol. The molecule has 0 aliphatic carbocycles. The number of ether oxygens (including phenoxy) is 2. The van der Waals surface area contributed by atoms with Gasteiger partial charge in [-0.15, -0.1) is 0 Å². The van der Waals surface area contributed by atoms with E-state index in [9.17, 15) is 14.0 Å². The van der Waals surface area contributed by atoms with Crippen molar-refractivity contribution < 1.29 is 23.5 Å². The highest BCUT2D eigenvalue weighted by atomic mass is 19.1. The van der Waals surface area contributed by atoms with Gasteiger partial charge in [-0.1, -0.05) is 12.1 Å². The van der Waals surface area contributed by atoms with E-state index >= 15 is 0 Å². The van der Waals surface area contributed by atoms with Gasteiger partial charge in [-0.2, -0.15) is 0 Å². The maximum absolute atomic E-state index is 13.4. The molecule has 1 saturated heterocycles. The lowest BCUT2D eigenvalue weighted by Crippen LogP contribution is -2.34. The fourth-order valence-electron chi connectivity index (χ4n) is 3.62. The van der Waals surface area contributed by atoms with Crippen molar-refractivity contribution in [1.82, 2.24) is 4.90 Å². The first-order valence-electron chi connectivity index (χ1n) is 9.20. The maximum atomic E-state index is 13.4. The first-order valence-corrected chi connectivity index (χ1v) is 9.20. The minimum Gasteiger partial charge on any atom is -0.486 e. The highest BCUT2D eigenvalue weighted by Gasteiger charge is 2.36. The normalized spacial score (nSPS) is 18.3. The number of fused-ring (bicyclic) bond motifs is 1. The molecule has 6 nitrogen and oxygen atoms in total. The lowest BCUT2D eigenvalue weighted by molar-refractivity contribution is -0.135. The molecule has 1 atom stereocenters. The number of halogens is 1. The van der Waals surface area contributed by atoms with Crippen molar-refractivity contribution in [2.24, 2.45) is 5.92 Å². The number of rotatable bonds is 4. The lowest BCUT2D eigenvalue weighted by atomic mass is 10.1. The smallest absolute Gasteiger partial charge is 0.228 e. The van der Waals surface area contributed by atoms with Gasteiger partial charge in [0, 0.05) is 38.3 Å². The average molecular weight is 384 g/mol. The molecule has 0 saturated carbocycles. The third-order valence-corrected chi connectivity index (χ3v) is 5.00. The third-order valence-electron chi connectivity index (χ3n) is 5.00. The zero-order valence-electron chi connectivity index (χ0n) is 15.6. The van der Waals surface area contributed by atoms with E-state index < -0.39 is 5.92 Å². The average Bonchev–Trinajstić information content (AvgIpc) is 3.08. The second kappa shape index (κ2) is 7.50. The second-order valence-electron chi connectivity index (χ2n) is 7.06. The molecule has 0 radical (unpaired) electrons. The summed E-state index contributed by atoms with van der Waals surface area (Å²) in [6, 6.07) is 11.5. The fourth-order valence-corrected chi connectivity index (χ4v) is 3.62. The van der Waals surface area contributed by atoms with Gasteiger partial charge in [-0.25, -0.2) is 4.39 Å². The Bertz CT molecular complexity index is 917. The van der Waals surface area contributed by atoms with Crippen molar-refractivity contribution in [3.8, 4) is 11.5 Å². The number of benzene rings is 2. The lowest BCUT2D eigenvalue weighted by Gasteiger charge is -2.23. The van der Waals surface area contributed by atoms with E-state index in [-0.39, 0.29) is 24.1 Å². The number of carbonyl (C=O) groups is 2. The van der Waals surface area contributed by atoms with Gasteiger partial charge >= 0.3 is 0 Å². The summed E-state index contributed by atoms with van der Waals surface area (Å²) in [5.74, 6) is 0.268. The molecule has 0 aromatic heterocycles. The van der Waals surface area contributed by atoms with Gasteiger partial charge < -0.3 is 19.3 Å². The van der Waals surface area contributed by atoms with E-state index in [2.05, 4.69) is 0 Å². The van der Waals surface area contributed by atoms with Crippen LogP contribution in [-0.2, 0) is 16.1 Å². The standard InChI is InChI=1S/C21H21FN2O4/c1-23(12-14-3-2-4-16(22)9-14)21(26)15-10-20(25)24(13-15)17-5-6-18-19(11-17)28-8-7-27-18/h2-6,9,11,15H,7-8,10,12-13H2,1H3. The van der Waals surface area contributed by atoms with Crippen LogP contribution in [0.1, 0.15) is 12.0 Å². The van der Waals surface area contributed by atoms with E-state index in [1.54, 1.807) is 47.2 Å². The topological polar surface area (TPSA) is 59.1 Å². The zero-order chi connectivity index (χ0) is 19.7. The summed E-state index contributed by atoms with van der Waals surface area (Å²) in [6.07, 6.45) is 0.154. The van der Waals surface area contributed by atoms with Gasteiger partial charge in [0.05, 0.1) is 5.92 Å². The predicted molar refractivity (Wildman–Crippen MR) is 101 cm³/mol. The molecule has 0 N–H and O–H groups in total. The number of nitrogens with zero attached hydrogens (tertiary/aromatic N) is 2. The minimum absolute atomic E-state index is 0.103. The van der Waals surface area contributed by atoms with Crippen LogP contribution in [0.2, 0.25) is 0 Å². The number of anilines is 1. The molecule has 2 aromatic rings. The van der Waals surface area contributed by atoms with Crippen molar-refractivity contribution in [2.45, 2.75) is 13.0 Å². The first-order chi connectivity index (χ1) is 13.5. The zero-order valence-corrected chi connectivity index (χ0v) is 15.6. The molecule has 0 spiro atoms. The molecule has 1 fully saturated rings. The summed E-state index contributed by atoms with van der Waals surface area (Å²) in [6.45, 7) is 1.58. The third kappa shape index (κ3) is 3.65. The molecule has 2 amide bonds. The van der Waals surface area contributed by atoms with Crippen LogP contribution in [0, 0.1) is 11.7 Å². The number of hydrogen-bond donors (Lipinski definition) is 0. The Morgan fingerprint density at radius 1 is 1.18 bits per heavy atom. The molecular weight excluding hydrogens is 363 g/mol. The molecule has 2 aliphatic rings. The van der Waals surface area contributed by atoms with Crippen molar-refractivity contribution in [3.05, 3.63) is 53.8 Å². The van der Waals surface area contributed by atoms with Crippen molar-refractivity contribution in [2.75, 3.05) is 31.7 Å². The molecule has 4 rings (SSSR count). The molecular formula is C21H21FN2O4. The van der Waals surface area contributed by atoms with Crippen molar-refractivity contribution >= 4 is 17.5 Å². The van der Waals surface area contributed by atoms with E-state index in [4.69, 9.17) is 9.47 Å². The Labute approximate surface area is 162 Å². The molecule has 146 valence electrons. The highest BCUT2D eigenvalue weighted by Crippen LogP contribution is 2.36. The Morgan fingerprint density at radius 3 is 2.75 bits per heavy atom. The van der Waals surface area contributed by atoms with E-state index in [0.717, 1.165) is 0 Å². The Kier molecular flexibility index (Phi) is 4.90. The molecule has 0 bridgehead atoms. The summed E-state index contributed by atoms with van der Waals surface area (Å²) in [5.41, 5.74) is 1.40. The van der Waals surface area contributed by atoms with Crippen LogP contribution in [0.15, 0.2) is 42.5 Å². The summed E-state index contributed by atoms with van der Waals surface area (Å²) in [7, 11) is 1.67. The SMILES string of the molecule is CN(Cc1cccc(F)c1)C(=O)C1CC(=O)N(c2ccc3c(c2)OCCO3)C1. The summed E-state index contributed by atoms with van der Waals surface area (Å²) < 4.78 is 24.4. The van der Waals surface area contributed by atoms with Gasteiger partial charge in [-0.05, 0) is 29.8 Å².